The minimum atomic E-state index is -0.363. The van der Waals surface area contributed by atoms with E-state index in [0.717, 1.165) is 0 Å². The summed E-state index contributed by atoms with van der Waals surface area (Å²) in [6.45, 7) is 5.06. The van der Waals surface area contributed by atoms with Gasteiger partial charge in [0.05, 0.1) is 46.2 Å². The molecule has 6 heteroatoms. The average molecular weight is 274 g/mol. The van der Waals surface area contributed by atoms with Gasteiger partial charge in [0.15, 0.2) is 0 Å². The van der Waals surface area contributed by atoms with Crippen LogP contribution >= 0.6 is 0 Å². The minimum absolute atomic E-state index is 0.0415. The predicted octanol–water partition coefficient (Wildman–Crippen LogP) is 0.249. The number of rotatable bonds is 13. The predicted molar refractivity (Wildman–Crippen MR) is 68.7 cm³/mol. The van der Waals surface area contributed by atoms with E-state index in [2.05, 4.69) is 5.92 Å². The van der Waals surface area contributed by atoms with Gasteiger partial charge in [0.25, 0.3) is 0 Å². The summed E-state index contributed by atoms with van der Waals surface area (Å²) in [5, 5.41) is 0. The highest BCUT2D eigenvalue weighted by molar-refractivity contribution is 5.70. The van der Waals surface area contributed by atoms with Crippen LogP contribution in [0.25, 0.3) is 0 Å². The lowest BCUT2D eigenvalue weighted by Gasteiger charge is -2.06. The van der Waals surface area contributed by atoms with E-state index < -0.39 is 0 Å². The number of ether oxygens (including phenoxy) is 5. The van der Waals surface area contributed by atoms with Crippen LogP contribution in [0.3, 0.4) is 0 Å². The molecule has 0 saturated heterocycles. The van der Waals surface area contributed by atoms with Crippen molar-refractivity contribution in [2.45, 2.75) is 6.92 Å². The van der Waals surface area contributed by atoms with Crippen LogP contribution in [-0.4, -0.2) is 65.4 Å². The van der Waals surface area contributed by atoms with Crippen molar-refractivity contribution in [3.05, 3.63) is 0 Å². The molecule has 0 unspecified atom stereocenters. The Hall–Kier alpha value is -1.13. The summed E-state index contributed by atoms with van der Waals surface area (Å²) < 4.78 is 25.2. The van der Waals surface area contributed by atoms with Crippen LogP contribution in [0, 0.1) is 12.3 Å². The van der Waals surface area contributed by atoms with Crippen molar-refractivity contribution in [2.24, 2.45) is 0 Å². The number of terminal acetylenes is 1. The van der Waals surface area contributed by atoms with Crippen LogP contribution in [0.15, 0.2) is 0 Å². The fraction of sp³-hybridized carbons (Fsp3) is 0.769. The molecule has 0 aromatic rings. The molecule has 0 heterocycles. The molecule has 0 saturated carbocycles. The summed E-state index contributed by atoms with van der Waals surface area (Å²) in [6.07, 6.45) is 5.01. The van der Waals surface area contributed by atoms with Gasteiger partial charge in [-0.3, -0.25) is 0 Å². The zero-order valence-corrected chi connectivity index (χ0v) is 11.4. The van der Waals surface area contributed by atoms with Crippen LogP contribution in [0.2, 0.25) is 0 Å². The smallest absolute Gasteiger partial charge is 0.332 e. The fourth-order valence-corrected chi connectivity index (χ4v) is 1.05. The highest BCUT2D eigenvalue weighted by Gasteiger charge is 2.00. The van der Waals surface area contributed by atoms with Crippen molar-refractivity contribution in [1.29, 1.82) is 0 Å². The van der Waals surface area contributed by atoms with Gasteiger partial charge in [0.1, 0.15) is 13.2 Å². The Morgan fingerprint density at radius 2 is 1.47 bits per heavy atom. The standard InChI is InChI=1S/C13H22O6/c1-3-5-15-6-7-16-8-9-17-10-11-18-12-13(14)19-4-2/h1H,4-12H2,2H3. The Balaban J connectivity index is 3.03. The molecule has 0 aromatic heterocycles. The molecule has 0 N–H and O–H groups in total. The molecule has 0 radical (unpaired) electrons. The second-order valence-corrected chi connectivity index (χ2v) is 3.34. The van der Waals surface area contributed by atoms with E-state index in [9.17, 15) is 4.79 Å². The molecule has 110 valence electrons. The van der Waals surface area contributed by atoms with Gasteiger partial charge >= 0.3 is 5.97 Å². The third kappa shape index (κ3) is 14.8. The summed E-state index contributed by atoms with van der Waals surface area (Å²) in [6, 6.07) is 0. The Labute approximate surface area is 114 Å². The molecule has 0 aliphatic rings. The first-order valence-corrected chi connectivity index (χ1v) is 6.21. The first-order valence-electron chi connectivity index (χ1n) is 6.21. The topological polar surface area (TPSA) is 63.2 Å². The Bertz CT molecular complexity index is 248. The van der Waals surface area contributed by atoms with Gasteiger partial charge in [-0.25, -0.2) is 4.79 Å². The van der Waals surface area contributed by atoms with Crippen LogP contribution in [0.4, 0.5) is 0 Å². The van der Waals surface area contributed by atoms with Crippen LogP contribution in [0.1, 0.15) is 6.92 Å². The molecule has 0 aliphatic heterocycles. The molecule has 19 heavy (non-hydrogen) atoms. The SMILES string of the molecule is C#CCOCCOCCOCCOCC(=O)OCC. The zero-order chi connectivity index (χ0) is 14.2. The second-order valence-electron chi connectivity index (χ2n) is 3.34. The van der Waals surface area contributed by atoms with Gasteiger partial charge < -0.3 is 23.7 Å². The number of esters is 1. The van der Waals surface area contributed by atoms with Gasteiger partial charge in [-0.1, -0.05) is 5.92 Å². The highest BCUT2D eigenvalue weighted by atomic mass is 16.6. The van der Waals surface area contributed by atoms with Crippen molar-refractivity contribution in [3.63, 3.8) is 0 Å². The van der Waals surface area contributed by atoms with Crippen molar-refractivity contribution in [1.82, 2.24) is 0 Å². The van der Waals surface area contributed by atoms with E-state index in [1.165, 1.54) is 0 Å². The molecular weight excluding hydrogens is 252 g/mol. The van der Waals surface area contributed by atoms with E-state index >= 15 is 0 Å². The maximum absolute atomic E-state index is 10.9. The average Bonchev–Trinajstić information content (AvgIpc) is 2.40. The molecule has 0 fully saturated rings. The Morgan fingerprint density at radius 3 is 2.00 bits per heavy atom. The van der Waals surface area contributed by atoms with Crippen molar-refractivity contribution >= 4 is 5.97 Å². The maximum Gasteiger partial charge on any atom is 0.332 e. The molecule has 0 atom stereocenters. The van der Waals surface area contributed by atoms with E-state index in [1.54, 1.807) is 6.92 Å². The maximum atomic E-state index is 10.9. The lowest BCUT2D eigenvalue weighted by Crippen LogP contribution is -2.16. The van der Waals surface area contributed by atoms with E-state index in [-0.39, 0.29) is 12.6 Å². The van der Waals surface area contributed by atoms with Gasteiger partial charge in [-0.15, -0.1) is 6.42 Å². The molecule has 6 nitrogen and oxygen atoms in total. The van der Waals surface area contributed by atoms with Gasteiger partial charge in [-0.05, 0) is 6.92 Å². The molecule has 0 bridgehead atoms. The highest BCUT2D eigenvalue weighted by Crippen LogP contribution is 1.84. The van der Waals surface area contributed by atoms with E-state index in [1.807, 2.05) is 0 Å². The fourth-order valence-electron chi connectivity index (χ4n) is 1.05. The van der Waals surface area contributed by atoms with Gasteiger partial charge in [0.2, 0.25) is 0 Å². The largest absolute Gasteiger partial charge is 0.464 e. The Morgan fingerprint density at radius 1 is 0.947 bits per heavy atom. The Kier molecular flexibility index (Phi) is 14.0. The molecule has 0 amide bonds. The lowest BCUT2D eigenvalue weighted by molar-refractivity contribution is -0.149. The molecule has 0 aromatic carbocycles. The second kappa shape index (κ2) is 14.9. The summed E-state index contributed by atoms with van der Waals surface area (Å²) >= 11 is 0. The summed E-state index contributed by atoms with van der Waals surface area (Å²) in [5.74, 6) is 2.00. The van der Waals surface area contributed by atoms with Crippen molar-refractivity contribution in [2.75, 3.05) is 59.5 Å². The van der Waals surface area contributed by atoms with Crippen molar-refractivity contribution in [3.8, 4) is 12.3 Å². The molecule has 0 rings (SSSR count). The van der Waals surface area contributed by atoms with Crippen LogP contribution in [-0.2, 0) is 28.5 Å². The summed E-state index contributed by atoms with van der Waals surface area (Å²) in [5.41, 5.74) is 0. The third-order valence-corrected chi connectivity index (χ3v) is 1.83. The normalized spacial score (nSPS) is 10.1. The quantitative estimate of drug-likeness (QED) is 0.272. The van der Waals surface area contributed by atoms with Gasteiger partial charge in [-0.2, -0.15) is 0 Å². The number of hydrogen-bond donors (Lipinski definition) is 0. The van der Waals surface area contributed by atoms with Crippen molar-refractivity contribution < 1.29 is 28.5 Å². The minimum Gasteiger partial charge on any atom is -0.464 e. The van der Waals surface area contributed by atoms with E-state index in [4.69, 9.17) is 30.1 Å². The van der Waals surface area contributed by atoms with Gasteiger partial charge in [0, 0.05) is 0 Å². The number of hydrogen-bond acceptors (Lipinski definition) is 6. The summed E-state index contributed by atoms with van der Waals surface area (Å²) in [7, 11) is 0. The van der Waals surface area contributed by atoms with Crippen LogP contribution in [0.5, 0.6) is 0 Å². The molecule has 0 aliphatic carbocycles. The summed E-state index contributed by atoms with van der Waals surface area (Å²) in [4.78, 5) is 10.9. The molecular formula is C13H22O6. The van der Waals surface area contributed by atoms with E-state index in [0.29, 0.717) is 52.9 Å². The van der Waals surface area contributed by atoms with Crippen LogP contribution < -0.4 is 0 Å². The zero-order valence-electron chi connectivity index (χ0n) is 11.4. The third-order valence-electron chi connectivity index (χ3n) is 1.83. The molecule has 0 spiro atoms. The monoisotopic (exact) mass is 274 g/mol. The first kappa shape index (κ1) is 17.9. The lowest BCUT2D eigenvalue weighted by atomic mass is 10.6. The number of carbonyl (C=O) groups is 1. The number of carbonyl (C=O) groups excluding carboxylic acids is 1. The first-order chi connectivity index (χ1) is 9.31.